The van der Waals surface area contributed by atoms with Crippen molar-refractivity contribution in [2.75, 3.05) is 0 Å². The second kappa shape index (κ2) is 14.1. The van der Waals surface area contributed by atoms with Crippen LogP contribution in [0.3, 0.4) is 0 Å². The zero-order chi connectivity index (χ0) is 37.3. The van der Waals surface area contributed by atoms with E-state index >= 15 is 0 Å². The Hall–Kier alpha value is -8.05. The topological polar surface area (TPSA) is 119 Å². The number of hydrogen-bond donors (Lipinski definition) is 0. The zero-order valence-electron chi connectivity index (χ0n) is 29.4. The van der Waals surface area contributed by atoms with Gasteiger partial charge in [0.15, 0.2) is 5.58 Å². The SMILES string of the molecule is c1ccc(Oc2cccc(Oc3ccc4c5ccc(Oc6cccc(Oc7ccccn7)c6)cc5n(-c5ncc(-c6nc7ccccc7o6)cn5)c4c3)c2)nc1. The quantitative estimate of drug-likeness (QED) is 0.134. The van der Waals surface area contributed by atoms with Crippen molar-refractivity contribution < 1.29 is 23.4 Å². The number of pyridine rings is 2. The third-order valence-corrected chi connectivity index (χ3v) is 8.89. The van der Waals surface area contributed by atoms with Gasteiger partial charge in [-0.25, -0.2) is 24.9 Å². The van der Waals surface area contributed by atoms with E-state index in [1.165, 1.54) is 0 Å². The van der Waals surface area contributed by atoms with Gasteiger partial charge >= 0.3 is 0 Å². The summed E-state index contributed by atoms with van der Waals surface area (Å²) in [7, 11) is 0. The molecule has 0 fully saturated rings. The summed E-state index contributed by atoms with van der Waals surface area (Å²) in [6, 6.07) is 45.4. The molecule has 0 atom stereocenters. The molecule has 0 saturated carbocycles. The van der Waals surface area contributed by atoms with Crippen LogP contribution in [-0.2, 0) is 0 Å². The molecule has 0 spiro atoms. The number of benzene rings is 5. The second-order valence-corrected chi connectivity index (χ2v) is 12.6. The van der Waals surface area contributed by atoms with Crippen LogP contribution in [-0.4, -0.2) is 29.5 Å². The lowest BCUT2D eigenvalue weighted by atomic mass is 10.1. The van der Waals surface area contributed by atoms with Crippen LogP contribution in [0, 0.1) is 0 Å². The highest BCUT2D eigenvalue weighted by molar-refractivity contribution is 6.09. The highest BCUT2D eigenvalue weighted by atomic mass is 16.5. The van der Waals surface area contributed by atoms with Crippen molar-refractivity contribution in [2.24, 2.45) is 0 Å². The zero-order valence-corrected chi connectivity index (χ0v) is 29.4. The molecule has 11 nitrogen and oxygen atoms in total. The highest BCUT2D eigenvalue weighted by Gasteiger charge is 2.18. The van der Waals surface area contributed by atoms with Gasteiger partial charge in [-0.2, -0.15) is 0 Å². The molecule has 0 radical (unpaired) electrons. The highest BCUT2D eigenvalue weighted by Crippen LogP contribution is 2.38. The molecule has 10 aromatic rings. The van der Waals surface area contributed by atoms with Gasteiger partial charge in [0.25, 0.3) is 0 Å². The summed E-state index contributed by atoms with van der Waals surface area (Å²) in [4.78, 5) is 22.8. The van der Waals surface area contributed by atoms with Crippen molar-refractivity contribution in [3.05, 3.63) is 170 Å². The number of ether oxygens (including phenoxy) is 4. The van der Waals surface area contributed by atoms with Gasteiger partial charge in [0.1, 0.15) is 40.0 Å². The summed E-state index contributed by atoms with van der Waals surface area (Å²) in [5.74, 6) is 5.49. The lowest BCUT2D eigenvalue weighted by Gasteiger charge is -2.11. The first-order chi connectivity index (χ1) is 27.7. The van der Waals surface area contributed by atoms with Gasteiger partial charge in [-0.1, -0.05) is 36.4 Å². The Morgan fingerprint density at radius 3 is 1.50 bits per heavy atom. The van der Waals surface area contributed by atoms with E-state index in [1.807, 2.05) is 138 Å². The fourth-order valence-corrected chi connectivity index (χ4v) is 6.39. The van der Waals surface area contributed by atoms with E-state index in [0.29, 0.717) is 69.2 Å². The van der Waals surface area contributed by atoms with Gasteiger partial charge in [0.05, 0.1) is 16.6 Å². The molecule has 0 aliphatic rings. The van der Waals surface area contributed by atoms with Crippen molar-refractivity contribution in [2.45, 2.75) is 0 Å². The summed E-state index contributed by atoms with van der Waals surface area (Å²) in [6.45, 7) is 0. The van der Waals surface area contributed by atoms with E-state index in [4.69, 9.17) is 33.3 Å². The smallest absolute Gasteiger partial charge is 0.234 e. The average molecular weight is 733 g/mol. The number of hydrogen-bond acceptors (Lipinski definition) is 10. The Balaban J connectivity index is 1.03. The molecular formula is C45H28N6O5. The molecule has 56 heavy (non-hydrogen) atoms. The van der Waals surface area contributed by atoms with E-state index in [-0.39, 0.29) is 0 Å². The van der Waals surface area contributed by atoms with Crippen molar-refractivity contribution in [1.82, 2.24) is 29.5 Å². The van der Waals surface area contributed by atoms with Crippen molar-refractivity contribution >= 4 is 32.9 Å². The van der Waals surface area contributed by atoms with Crippen LogP contribution in [0.1, 0.15) is 0 Å². The Labute approximate surface area is 319 Å². The summed E-state index contributed by atoms with van der Waals surface area (Å²) in [5, 5.41) is 1.95. The second-order valence-electron chi connectivity index (χ2n) is 12.6. The van der Waals surface area contributed by atoms with Crippen LogP contribution < -0.4 is 18.9 Å². The fraction of sp³-hybridized carbons (Fsp3) is 0. The normalized spacial score (nSPS) is 11.2. The molecule has 5 aromatic heterocycles. The maximum Gasteiger partial charge on any atom is 0.234 e. The van der Waals surface area contributed by atoms with Crippen molar-refractivity contribution in [3.63, 3.8) is 0 Å². The van der Waals surface area contributed by atoms with E-state index in [1.54, 1.807) is 36.9 Å². The monoisotopic (exact) mass is 732 g/mol. The molecule has 0 saturated heterocycles. The Kier molecular flexibility index (Phi) is 8.19. The molecule has 0 N–H and O–H groups in total. The number of aromatic nitrogens is 6. The molecule has 0 unspecified atom stereocenters. The minimum atomic E-state index is 0.440. The first-order valence-electron chi connectivity index (χ1n) is 17.7. The summed E-state index contributed by atoms with van der Waals surface area (Å²) in [6.07, 6.45) is 6.80. The molecule has 11 heteroatoms. The van der Waals surface area contributed by atoms with E-state index < -0.39 is 0 Å². The average Bonchev–Trinajstić information content (AvgIpc) is 3.81. The largest absolute Gasteiger partial charge is 0.457 e. The molecule has 5 heterocycles. The predicted octanol–water partition coefficient (Wildman–Crippen LogP) is 11.3. The Morgan fingerprint density at radius 2 is 0.964 bits per heavy atom. The predicted molar refractivity (Wildman–Crippen MR) is 211 cm³/mol. The molecule has 0 amide bonds. The van der Waals surface area contributed by atoms with Crippen LogP contribution in [0.4, 0.5) is 0 Å². The van der Waals surface area contributed by atoms with Gasteiger partial charge in [-0.15, -0.1) is 0 Å². The molecular weight excluding hydrogens is 705 g/mol. The van der Waals surface area contributed by atoms with Crippen LogP contribution in [0.2, 0.25) is 0 Å². The minimum Gasteiger partial charge on any atom is -0.457 e. The lowest BCUT2D eigenvalue weighted by Crippen LogP contribution is -2.01. The number of para-hydroxylation sites is 2. The number of fused-ring (bicyclic) bond motifs is 4. The number of nitrogens with zero attached hydrogens (tertiary/aromatic N) is 6. The maximum absolute atomic E-state index is 6.40. The van der Waals surface area contributed by atoms with Gasteiger partial charge in [-0.05, 0) is 72.8 Å². The molecule has 0 bridgehead atoms. The minimum absolute atomic E-state index is 0.440. The van der Waals surface area contributed by atoms with Crippen molar-refractivity contribution in [3.8, 4) is 63.7 Å². The standard InChI is InChI=1S/C45H28N6O5/c1-2-14-41-38(13-1)50-44(56-41)29-27-48-45(49-28-29)51-39-25-34(52-30-9-7-11-32(23-30)54-42-15-3-5-21-46-42)17-19-36(39)37-20-18-35(26-40(37)51)53-31-10-8-12-33(24-31)55-43-16-4-6-22-47-43/h1-28H. The van der Waals surface area contributed by atoms with E-state index in [0.717, 1.165) is 27.3 Å². The first kappa shape index (κ1) is 32.6. The lowest BCUT2D eigenvalue weighted by molar-refractivity contribution is 0.448. The van der Waals surface area contributed by atoms with Crippen molar-refractivity contribution in [1.29, 1.82) is 0 Å². The van der Waals surface area contributed by atoms with Gasteiger partial charge in [-0.3, -0.25) is 4.57 Å². The van der Waals surface area contributed by atoms with Gasteiger partial charge in [0, 0.05) is 72.0 Å². The third kappa shape index (κ3) is 6.56. The Morgan fingerprint density at radius 1 is 0.446 bits per heavy atom. The third-order valence-electron chi connectivity index (χ3n) is 8.89. The molecule has 0 aliphatic heterocycles. The molecule has 10 rings (SSSR count). The first-order valence-corrected chi connectivity index (χ1v) is 17.7. The van der Waals surface area contributed by atoms with Crippen LogP contribution in [0.15, 0.2) is 175 Å². The van der Waals surface area contributed by atoms with E-state index in [9.17, 15) is 0 Å². The molecule has 0 aliphatic carbocycles. The van der Waals surface area contributed by atoms with Gasteiger partial charge in [0.2, 0.25) is 23.6 Å². The van der Waals surface area contributed by atoms with E-state index in [2.05, 4.69) is 15.0 Å². The number of oxazole rings is 1. The van der Waals surface area contributed by atoms with Crippen LogP contribution >= 0.6 is 0 Å². The van der Waals surface area contributed by atoms with Crippen LogP contribution in [0.5, 0.6) is 46.3 Å². The summed E-state index contributed by atoms with van der Waals surface area (Å²) < 4.78 is 32.7. The Bertz CT molecular complexity index is 2810. The summed E-state index contributed by atoms with van der Waals surface area (Å²) in [5.41, 5.74) is 3.76. The molecule has 5 aromatic carbocycles. The maximum atomic E-state index is 6.40. The van der Waals surface area contributed by atoms with Gasteiger partial charge < -0.3 is 23.4 Å². The fourth-order valence-electron chi connectivity index (χ4n) is 6.39. The van der Waals surface area contributed by atoms with Crippen LogP contribution in [0.25, 0.3) is 50.3 Å². The molecule has 268 valence electrons. The summed E-state index contributed by atoms with van der Waals surface area (Å²) >= 11 is 0. The number of rotatable bonds is 10.